The first kappa shape index (κ1) is 9.12. The predicted octanol–water partition coefficient (Wildman–Crippen LogP) is 0.975. The number of hydrogen-bond donors (Lipinski definition) is 1. The van der Waals surface area contributed by atoms with Gasteiger partial charge in [-0.15, -0.1) is 0 Å². The van der Waals surface area contributed by atoms with Crippen molar-refractivity contribution >= 4 is 5.97 Å². The molecule has 0 bridgehead atoms. The second-order valence-electron chi connectivity index (χ2n) is 3.66. The van der Waals surface area contributed by atoms with Crippen molar-refractivity contribution in [1.29, 1.82) is 0 Å². The third-order valence-corrected chi connectivity index (χ3v) is 2.78. The number of aromatic nitrogens is 2. The Morgan fingerprint density at radius 1 is 1.57 bits per heavy atom. The summed E-state index contributed by atoms with van der Waals surface area (Å²) < 4.78 is 0. The molecule has 0 aromatic carbocycles. The van der Waals surface area contributed by atoms with Gasteiger partial charge < -0.3 is 5.11 Å². The molecule has 14 heavy (non-hydrogen) atoms. The van der Waals surface area contributed by atoms with E-state index in [2.05, 4.69) is 9.97 Å². The van der Waals surface area contributed by atoms with Crippen LogP contribution in [0.25, 0.3) is 0 Å². The zero-order valence-corrected chi connectivity index (χ0v) is 8.03. The lowest BCUT2D eigenvalue weighted by atomic mass is 9.86. The predicted molar refractivity (Wildman–Crippen MR) is 49.9 cm³/mol. The third-order valence-electron chi connectivity index (χ3n) is 2.78. The highest BCUT2D eigenvalue weighted by molar-refractivity contribution is 5.71. The van der Waals surface area contributed by atoms with Gasteiger partial charge in [-0.1, -0.05) is 0 Å². The van der Waals surface area contributed by atoms with E-state index < -0.39 is 5.97 Å². The first-order valence-corrected chi connectivity index (χ1v) is 4.70. The van der Waals surface area contributed by atoms with E-state index in [9.17, 15) is 4.79 Å². The fourth-order valence-electron chi connectivity index (χ4n) is 1.90. The third kappa shape index (κ3) is 1.47. The lowest BCUT2D eigenvalue weighted by Crippen LogP contribution is -2.23. The molecule has 0 fully saturated rings. The van der Waals surface area contributed by atoms with Crippen molar-refractivity contribution in [3.63, 3.8) is 0 Å². The molecule has 1 heterocycles. The van der Waals surface area contributed by atoms with Crippen LogP contribution in [0.5, 0.6) is 0 Å². The molecule has 0 saturated heterocycles. The highest BCUT2D eigenvalue weighted by atomic mass is 16.4. The lowest BCUT2D eigenvalue weighted by Gasteiger charge is -2.21. The second kappa shape index (κ2) is 3.36. The first-order chi connectivity index (χ1) is 6.68. The maximum Gasteiger partial charge on any atom is 0.306 e. The average Bonchev–Trinajstić information content (AvgIpc) is 2.18. The summed E-state index contributed by atoms with van der Waals surface area (Å²) in [6.07, 6.45) is 3.58. The molecule has 74 valence electrons. The molecular weight excluding hydrogens is 180 g/mol. The Morgan fingerprint density at radius 2 is 2.36 bits per heavy atom. The van der Waals surface area contributed by atoms with Crippen molar-refractivity contribution in [2.45, 2.75) is 26.2 Å². The number of fused-ring (bicyclic) bond motifs is 1. The summed E-state index contributed by atoms with van der Waals surface area (Å²) in [6.45, 7) is 1.91. The summed E-state index contributed by atoms with van der Waals surface area (Å²) in [5.41, 5.74) is 2.97. The fraction of sp³-hybridized carbons (Fsp3) is 0.500. The Kier molecular flexibility index (Phi) is 2.19. The molecule has 1 unspecified atom stereocenters. The van der Waals surface area contributed by atoms with E-state index in [1.54, 1.807) is 6.33 Å². The van der Waals surface area contributed by atoms with Crippen molar-refractivity contribution < 1.29 is 9.90 Å². The molecule has 1 aromatic heterocycles. The molecule has 1 aliphatic carbocycles. The standard InChI is InChI=1S/C10H12N2O2/c1-6-8-4-7(10(13)14)2-3-9(8)12-5-11-6/h5,7H,2-4H2,1H3,(H,13,14). The van der Waals surface area contributed by atoms with Crippen LogP contribution in [0.2, 0.25) is 0 Å². The van der Waals surface area contributed by atoms with Gasteiger partial charge >= 0.3 is 5.97 Å². The van der Waals surface area contributed by atoms with E-state index in [-0.39, 0.29) is 5.92 Å². The van der Waals surface area contributed by atoms with E-state index in [0.717, 1.165) is 23.4 Å². The zero-order chi connectivity index (χ0) is 10.1. The van der Waals surface area contributed by atoms with Crippen molar-refractivity contribution in [2.24, 2.45) is 5.92 Å². The van der Waals surface area contributed by atoms with Gasteiger partial charge in [0, 0.05) is 11.4 Å². The second-order valence-corrected chi connectivity index (χ2v) is 3.66. The summed E-state index contributed by atoms with van der Waals surface area (Å²) in [5, 5.41) is 8.91. The van der Waals surface area contributed by atoms with Gasteiger partial charge in [-0.2, -0.15) is 0 Å². The van der Waals surface area contributed by atoms with E-state index in [1.807, 2.05) is 6.92 Å². The summed E-state index contributed by atoms with van der Waals surface area (Å²) in [6, 6.07) is 0. The van der Waals surface area contributed by atoms with E-state index in [1.165, 1.54) is 0 Å². The topological polar surface area (TPSA) is 63.1 Å². The fourth-order valence-corrected chi connectivity index (χ4v) is 1.90. The Labute approximate surface area is 82.0 Å². The number of hydrogen-bond acceptors (Lipinski definition) is 3. The minimum Gasteiger partial charge on any atom is -0.481 e. The summed E-state index contributed by atoms with van der Waals surface area (Å²) in [5.74, 6) is -0.967. The van der Waals surface area contributed by atoms with Crippen LogP contribution in [0.4, 0.5) is 0 Å². The largest absolute Gasteiger partial charge is 0.481 e. The summed E-state index contributed by atoms with van der Waals surface area (Å²) >= 11 is 0. The van der Waals surface area contributed by atoms with Crippen molar-refractivity contribution in [3.8, 4) is 0 Å². The van der Waals surface area contributed by atoms with E-state index in [0.29, 0.717) is 12.8 Å². The van der Waals surface area contributed by atoms with Crippen molar-refractivity contribution in [2.75, 3.05) is 0 Å². The van der Waals surface area contributed by atoms with Crippen LogP contribution in [-0.2, 0) is 17.6 Å². The van der Waals surface area contributed by atoms with Crippen LogP contribution in [0, 0.1) is 12.8 Å². The zero-order valence-electron chi connectivity index (χ0n) is 8.03. The molecule has 0 amide bonds. The Balaban J connectivity index is 2.33. The highest BCUT2D eigenvalue weighted by Gasteiger charge is 2.26. The molecular formula is C10H12N2O2. The molecule has 1 aliphatic rings. The monoisotopic (exact) mass is 192 g/mol. The van der Waals surface area contributed by atoms with Crippen LogP contribution < -0.4 is 0 Å². The molecule has 1 atom stereocenters. The molecule has 0 aliphatic heterocycles. The SMILES string of the molecule is Cc1ncnc2c1CC(C(=O)O)CC2. The van der Waals surface area contributed by atoms with Crippen molar-refractivity contribution in [3.05, 3.63) is 23.3 Å². The average molecular weight is 192 g/mol. The highest BCUT2D eigenvalue weighted by Crippen LogP contribution is 2.25. The van der Waals surface area contributed by atoms with Gasteiger partial charge in [0.2, 0.25) is 0 Å². The van der Waals surface area contributed by atoms with Gasteiger partial charge in [0.05, 0.1) is 5.92 Å². The van der Waals surface area contributed by atoms with Crippen LogP contribution in [0.1, 0.15) is 23.4 Å². The van der Waals surface area contributed by atoms with E-state index in [4.69, 9.17) is 5.11 Å². The molecule has 1 aromatic rings. The number of carboxylic acid groups (broad SMARTS) is 1. The number of rotatable bonds is 1. The number of aliphatic carboxylic acids is 1. The maximum atomic E-state index is 10.8. The summed E-state index contributed by atoms with van der Waals surface area (Å²) in [7, 11) is 0. The molecule has 4 heteroatoms. The van der Waals surface area contributed by atoms with Crippen LogP contribution >= 0.6 is 0 Å². The maximum absolute atomic E-state index is 10.8. The van der Waals surface area contributed by atoms with Gasteiger partial charge in [0.1, 0.15) is 6.33 Å². The molecule has 4 nitrogen and oxygen atoms in total. The molecule has 0 saturated carbocycles. The number of carbonyl (C=O) groups is 1. The Hall–Kier alpha value is -1.45. The van der Waals surface area contributed by atoms with Crippen molar-refractivity contribution in [1.82, 2.24) is 9.97 Å². The summed E-state index contributed by atoms with van der Waals surface area (Å²) in [4.78, 5) is 19.1. The van der Waals surface area contributed by atoms with Crippen LogP contribution in [0.3, 0.4) is 0 Å². The van der Waals surface area contributed by atoms with Gasteiger partial charge in [-0.05, 0) is 31.7 Å². The van der Waals surface area contributed by atoms with Crippen LogP contribution in [0.15, 0.2) is 6.33 Å². The number of aryl methyl sites for hydroxylation is 2. The Bertz CT molecular complexity index is 376. The molecule has 0 radical (unpaired) electrons. The number of carboxylic acids is 1. The Morgan fingerprint density at radius 3 is 3.07 bits per heavy atom. The minimum absolute atomic E-state index is 0.257. The van der Waals surface area contributed by atoms with Gasteiger partial charge in [-0.3, -0.25) is 4.79 Å². The van der Waals surface area contributed by atoms with Gasteiger partial charge in [0.15, 0.2) is 0 Å². The van der Waals surface area contributed by atoms with E-state index >= 15 is 0 Å². The van der Waals surface area contributed by atoms with Gasteiger partial charge in [0.25, 0.3) is 0 Å². The minimum atomic E-state index is -0.709. The first-order valence-electron chi connectivity index (χ1n) is 4.70. The quantitative estimate of drug-likeness (QED) is 0.720. The molecule has 0 spiro atoms. The van der Waals surface area contributed by atoms with Gasteiger partial charge in [-0.25, -0.2) is 9.97 Å². The van der Waals surface area contributed by atoms with Crippen LogP contribution in [-0.4, -0.2) is 21.0 Å². The smallest absolute Gasteiger partial charge is 0.306 e. The molecule has 1 N–H and O–H groups in total. The number of nitrogens with zero attached hydrogens (tertiary/aromatic N) is 2. The normalized spacial score (nSPS) is 20.2. The lowest BCUT2D eigenvalue weighted by molar-refractivity contribution is -0.142. The molecule has 2 rings (SSSR count).